The van der Waals surface area contributed by atoms with E-state index in [0.717, 1.165) is 24.9 Å². The molecule has 0 spiro atoms. The molecule has 1 aliphatic heterocycles. The van der Waals surface area contributed by atoms with Crippen molar-refractivity contribution in [2.75, 3.05) is 0 Å². The van der Waals surface area contributed by atoms with Gasteiger partial charge in [0.1, 0.15) is 11.6 Å². The summed E-state index contributed by atoms with van der Waals surface area (Å²) in [5.74, 6) is 0.422. The molecule has 100 valence electrons. The molecular weight excluding hydrogens is 243 g/mol. The Morgan fingerprint density at radius 3 is 2.47 bits per heavy atom. The number of aldehydes is 1. The number of nitrogens with one attached hydrogen (secondary N) is 2. The van der Waals surface area contributed by atoms with Crippen molar-refractivity contribution in [2.45, 2.75) is 37.8 Å². The number of carbonyl (C=O) groups excluding carboxylic acids is 1. The summed E-state index contributed by atoms with van der Waals surface area (Å²) in [5, 5.41) is 6.75. The maximum Gasteiger partial charge on any atom is 0.154 e. The standard InChI is InChI=1S/C15H17FN2O/c16-11-5-3-4-10(8-11)12(9-19)15-17-13-6-1-2-7-14(13)18-15/h3-5,8-9,13-14,17-18H,1-2,6-7H2/t13-,14-/m1/s1. The number of halogens is 1. The summed E-state index contributed by atoms with van der Waals surface area (Å²) in [7, 11) is 0. The van der Waals surface area contributed by atoms with Gasteiger partial charge in [-0.05, 0) is 30.5 Å². The summed E-state index contributed by atoms with van der Waals surface area (Å²) >= 11 is 0. The molecule has 3 nitrogen and oxygen atoms in total. The summed E-state index contributed by atoms with van der Waals surface area (Å²) in [6.07, 6.45) is 5.48. The molecule has 1 saturated carbocycles. The van der Waals surface area contributed by atoms with Crippen LogP contribution in [0.4, 0.5) is 4.39 Å². The molecule has 2 aliphatic rings. The molecule has 0 unspecified atom stereocenters. The maximum absolute atomic E-state index is 13.3. The van der Waals surface area contributed by atoms with Crippen LogP contribution < -0.4 is 10.6 Å². The van der Waals surface area contributed by atoms with Crippen molar-refractivity contribution in [1.82, 2.24) is 10.6 Å². The van der Waals surface area contributed by atoms with E-state index in [0.29, 0.717) is 23.2 Å². The summed E-state index contributed by atoms with van der Waals surface area (Å²) in [6.45, 7) is 0. The van der Waals surface area contributed by atoms with Gasteiger partial charge in [-0.25, -0.2) is 4.39 Å². The largest absolute Gasteiger partial charge is 0.366 e. The molecule has 4 heteroatoms. The molecule has 0 aromatic heterocycles. The van der Waals surface area contributed by atoms with Crippen molar-refractivity contribution in [3.05, 3.63) is 41.5 Å². The third-order valence-electron chi connectivity index (χ3n) is 3.95. The Kier molecular flexibility index (Phi) is 3.23. The highest BCUT2D eigenvalue weighted by molar-refractivity contribution is 6.08. The lowest BCUT2D eigenvalue weighted by molar-refractivity contribution is -0.103. The molecule has 19 heavy (non-hydrogen) atoms. The third-order valence-corrected chi connectivity index (χ3v) is 3.95. The Morgan fingerprint density at radius 1 is 1.21 bits per heavy atom. The average Bonchev–Trinajstić information content (AvgIpc) is 2.83. The third kappa shape index (κ3) is 2.35. The van der Waals surface area contributed by atoms with E-state index in [4.69, 9.17) is 0 Å². The van der Waals surface area contributed by atoms with Gasteiger partial charge in [-0.3, -0.25) is 4.79 Å². The van der Waals surface area contributed by atoms with Crippen molar-refractivity contribution in [2.24, 2.45) is 0 Å². The zero-order valence-electron chi connectivity index (χ0n) is 10.7. The maximum atomic E-state index is 13.3. The number of benzene rings is 1. The number of rotatable bonds is 2. The molecule has 1 aromatic rings. The van der Waals surface area contributed by atoms with E-state index in [-0.39, 0.29) is 5.82 Å². The lowest BCUT2D eigenvalue weighted by Crippen LogP contribution is -2.36. The lowest BCUT2D eigenvalue weighted by Gasteiger charge is -2.23. The van der Waals surface area contributed by atoms with Crippen LogP contribution in [-0.2, 0) is 4.79 Å². The van der Waals surface area contributed by atoms with Gasteiger partial charge in [-0.2, -0.15) is 0 Å². The Labute approximate surface area is 111 Å². The van der Waals surface area contributed by atoms with Gasteiger partial charge in [0.25, 0.3) is 0 Å². The van der Waals surface area contributed by atoms with E-state index in [1.54, 1.807) is 12.1 Å². The summed E-state index contributed by atoms with van der Waals surface area (Å²) in [5.41, 5.74) is 1.12. The molecular formula is C15H17FN2O. The predicted octanol–water partition coefficient (Wildman–Crippen LogP) is 2.20. The first-order chi connectivity index (χ1) is 9.28. The van der Waals surface area contributed by atoms with Gasteiger partial charge >= 0.3 is 0 Å². The van der Waals surface area contributed by atoms with E-state index in [9.17, 15) is 9.18 Å². The van der Waals surface area contributed by atoms with E-state index in [2.05, 4.69) is 10.6 Å². The van der Waals surface area contributed by atoms with Crippen LogP contribution in [0.2, 0.25) is 0 Å². The minimum absolute atomic E-state index is 0.326. The zero-order valence-corrected chi connectivity index (χ0v) is 10.7. The Bertz CT molecular complexity index is 511. The quantitative estimate of drug-likeness (QED) is 0.632. The molecule has 1 aromatic carbocycles. The van der Waals surface area contributed by atoms with Crippen molar-refractivity contribution in [1.29, 1.82) is 0 Å². The highest BCUT2D eigenvalue weighted by atomic mass is 19.1. The molecule has 0 radical (unpaired) electrons. The minimum Gasteiger partial charge on any atom is -0.366 e. The van der Waals surface area contributed by atoms with Gasteiger partial charge in [-0.1, -0.05) is 25.0 Å². The first-order valence-electron chi connectivity index (χ1n) is 6.76. The van der Waals surface area contributed by atoms with E-state index in [1.807, 2.05) is 0 Å². The summed E-state index contributed by atoms with van der Waals surface area (Å²) in [4.78, 5) is 11.3. The monoisotopic (exact) mass is 260 g/mol. The molecule has 3 rings (SSSR count). The Hall–Kier alpha value is -1.84. The van der Waals surface area contributed by atoms with Gasteiger partial charge in [0.15, 0.2) is 6.29 Å². The predicted molar refractivity (Wildman–Crippen MR) is 71.7 cm³/mol. The fourth-order valence-electron chi connectivity index (χ4n) is 2.97. The van der Waals surface area contributed by atoms with Crippen LogP contribution >= 0.6 is 0 Å². The molecule has 2 fully saturated rings. The topological polar surface area (TPSA) is 41.1 Å². The molecule has 2 N–H and O–H groups in total. The average molecular weight is 260 g/mol. The van der Waals surface area contributed by atoms with Crippen LogP contribution in [0.1, 0.15) is 31.2 Å². The van der Waals surface area contributed by atoms with Crippen LogP contribution in [0.3, 0.4) is 0 Å². The van der Waals surface area contributed by atoms with Crippen LogP contribution in [0.25, 0.3) is 5.57 Å². The highest BCUT2D eigenvalue weighted by Gasteiger charge is 2.32. The van der Waals surface area contributed by atoms with E-state index < -0.39 is 0 Å². The first-order valence-corrected chi connectivity index (χ1v) is 6.76. The van der Waals surface area contributed by atoms with Gasteiger partial charge in [-0.15, -0.1) is 0 Å². The van der Waals surface area contributed by atoms with Crippen molar-refractivity contribution >= 4 is 11.9 Å². The molecule has 0 amide bonds. The fourth-order valence-corrected chi connectivity index (χ4v) is 2.97. The lowest BCUT2D eigenvalue weighted by atomic mass is 9.92. The van der Waals surface area contributed by atoms with Crippen molar-refractivity contribution in [3.63, 3.8) is 0 Å². The molecule has 1 aliphatic carbocycles. The number of hydrogen-bond acceptors (Lipinski definition) is 3. The molecule has 2 atom stereocenters. The van der Waals surface area contributed by atoms with Gasteiger partial charge in [0, 0.05) is 12.1 Å². The zero-order chi connectivity index (χ0) is 13.2. The van der Waals surface area contributed by atoms with Crippen LogP contribution in [0.5, 0.6) is 0 Å². The summed E-state index contributed by atoms with van der Waals surface area (Å²) < 4.78 is 13.3. The molecule has 1 saturated heterocycles. The Balaban J connectivity index is 1.93. The SMILES string of the molecule is O=CC(=C1N[C@@H]2CCCC[C@H]2N1)c1cccc(F)c1. The smallest absolute Gasteiger partial charge is 0.154 e. The van der Waals surface area contributed by atoms with Crippen LogP contribution in [0, 0.1) is 5.82 Å². The first kappa shape index (κ1) is 12.2. The van der Waals surface area contributed by atoms with Gasteiger partial charge in [0.05, 0.1) is 5.57 Å². The van der Waals surface area contributed by atoms with E-state index in [1.165, 1.54) is 25.0 Å². The van der Waals surface area contributed by atoms with Gasteiger partial charge in [0.2, 0.25) is 0 Å². The number of hydrogen-bond donors (Lipinski definition) is 2. The van der Waals surface area contributed by atoms with Crippen molar-refractivity contribution in [3.8, 4) is 0 Å². The van der Waals surface area contributed by atoms with Crippen LogP contribution in [0.15, 0.2) is 30.1 Å². The number of allylic oxidation sites excluding steroid dienone is 1. The Morgan fingerprint density at radius 2 is 1.89 bits per heavy atom. The molecule has 1 heterocycles. The normalized spacial score (nSPS) is 25.2. The second-order valence-electron chi connectivity index (χ2n) is 5.20. The number of carbonyl (C=O) groups is 1. The van der Waals surface area contributed by atoms with Crippen molar-refractivity contribution < 1.29 is 9.18 Å². The minimum atomic E-state index is -0.326. The second-order valence-corrected chi connectivity index (χ2v) is 5.20. The summed E-state index contributed by atoms with van der Waals surface area (Å²) in [6, 6.07) is 6.94. The molecule has 0 bridgehead atoms. The van der Waals surface area contributed by atoms with Gasteiger partial charge < -0.3 is 10.6 Å². The van der Waals surface area contributed by atoms with E-state index >= 15 is 0 Å². The number of fused-ring (bicyclic) bond motifs is 1. The highest BCUT2D eigenvalue weighted by Crippen LogP contribution is 2.27. The fraction of sp³-hybridized carbons (Fsp3) is 0.400. The second kappa shape index (κ2) is 5.03. The van der Waals surface area contributed by atoms with Crippen LogP contribution in [-0.4, -0.2) is 18.4 Å².